The third kappa shape index (κ3) is 4.67. The Labute approximate surface area is 146 Å². The molecule has 1 aliphatic rings. The van der Waals surface area contributed by atoms with Crippen molar-refractivity contribution in [3.63, 3.8) is 0 Å². The Hall–Kier alpha value is -2.12. The number of halogens is 1. The van der Waals surface area contributed by atoms with Crippen molar-refractivity contribution in [3.8, 4) is 11.5 Å². The van der Waals surface area contributed by atoms with Gasteiger partial charge in [-0.3, -0.25) is 4.79 Å². The van der Waals surface area contributed by atoms with Gasteiger partial charge in [-0.25, -0.2) is 0 Å². The van der Waals surface area contributed by atoms with E-state index < -0.39 is 0 Å². The van der Waals surface area contributed by atoms with E-state index in [1.165, 1.54) is 11.8 Å². The van der Waals surface area contributed by atoms with E-state index in [1.54, 1.807) is 6.21 Å². The summed E-state index contributed by atoms with van der Waals surface area (Å²) in [5, 5.41) is 11.1. The summed E-state index contributed by atoms with van der Waals surface area (Å²) in [5.41, 5.74) is 0.895. The molecule has 0 bridgehead atoms. The predicted octanol–water partition coefficient (Wildman–Crippen LogP) is 3.79. The standard InChI is InChI=1S/C16H12BrN3O2S/c17-12-3-7-14(8-4-12)22-13-5-1-11(2-6-13)9-18-20-16-19-15(21)10-23-16/h1-9H,10H2,(H,19,20,21). The molecule has 0 unspecified atom stereocenters. The van der Waals surface area contributed by atoms with Gasteiger partial charge in [-0.15, -0.1) is 5.10 Å². The number of nitrogens with zero attached hydrogens (tertiary/aromatic N) is 2. The van der Waals surface area contributed by atoms with E-state index in [9.17, 15) is 4.79 Å². The fourth-order valence-electron chi connectivity index (χ4n) is 1.79. The summed E-state index contributed by atoms with van der Waals surface area (Å²) in [5.74, 6) is 1.87. The van der Waals surface area contributed by atoms with Crippen LogP contribution < -0.4 is 10.1 Å². The molecule has 3 rings (SSSR count). The summed E-state index contributed by atoms with van der Waals surface area (Å²) < 4.78 is 6.75. The van der Waals surface area contributed by atoms with E-state index in [-0.39, 0.29) is 5.91 Å². The van der Waals surface area contributed by atoms with Crippen LogP contribution in [0.5, 0.6) is 11.5 Å². The number of benzene rings is 2. The highest BCUT2D eigenvalue weighted by molar-refractivity contribution is 9.10. The number of nitrogens with one attached hydrogen (secondary N) is 1. The highest BCUT2D eigenvalue weighted by Gasteiger charge is 2.15. The van der Waals surface area contributed by atoms with Gasteiger partial charge in [-0.05, 0) is 54.1 Å². The molecule has 1 fully saturated rings. The van der Waals surface area contributed by atoms with Crippen LogP contribution in [0.2, 0.25) is 0 Å². The zero-order chi connectivity index (χ0) is 16.1. The van der Waals surface area contributed by atoms with Gasteiger partial charge in [0.2, 0.25) is 5.91 Å². The molecule has 2 aromatic rings. The number of amidine groups is 1. The maximum absolute atomic E-state index is 11.0. The number of hydrogen-bond acceptors (Lipinski definition) is 5. The Kier molecular flexibility index (Phi) is 5.09. The maximum Gasteiger partial charge on any atom is 0.236 e. The summed E-state index contributed by atoms with van der Waals surface area (Å²) in [7, 11) is 0. The number of rotatable bonds is 4. The molecule has 0 saturated carbocycles. The lowest BCUT2D eigenvalue weighted by Gasteiger charge is -2.05. The van der Waals surface area contributed by atoms with Gasteiger partial charge in [0.25, 0.3) is 0 Å². The minimum absolute atomic E-state index is 0.0432. The lowest BCUT2D eigenvalue weighted by molar-refractivity contribution is -0.116. The van der Waals surface area contributed by atoms with E-state index in [0.717, 1.165) is 21.5 Å². The molecule has 0 aromatic heterocycles. The van der Waals surface area contributed by atoms with Crippen molar-refractivity contribution in [2.75, 3.05) is 5.75 Å². The summed E-state index contributed by atoms with van der Waals surface area (Å²) in [6.45, 7) is 0. The van der Waals surface area contributed by atoms with Crippen LogP contribution in [-0.4, -0.2) is 23.0 Å². The van der Waals surface area contributed by atoms with Gasteiger partial charge >= 0.3 is 0 Å². The fourth-order valence-corrected chi connectivity index (χ4v) is 2.68. The molecule has 0 spiro atoms. The van der Waals surface area contributed by atoms with Gasteiger partial charge in [0.05, 0.1) is 12.0 Å². The molecular weight excluding hydrogens is 378 g/mol. The molecule has 0 aliphatic carbocycles. The molecule has 116 valence electrons. The van der Waals surface area contributed by atoms with Crippen molar-refractivity contribution in [3.05, 3.63) is 58.6 Å². The first-order chi connectivity index (χ1) is 11.2. The monoisotopic (exact) mass is 389 g/mol. The molecule has 0 radical (unpaired) electrons. The molecule has 1 heterocycles. The number of amides is 1. The van der Waals surface area contributed by atoms with Gasteiger partial charge in [-0.2, -0.15) is 5.10 Å². The number of carbonyl (C=O) groups excluding carboxylic acids is 1. The second-order valence-electron chi connectivity index (χ2n) is 4.61. The average molecular weight is 390 g/mol. The quantitative estimate of drug-likeness (QED) is 0.638. The van der Waals surface area contributed by atoms with Gasteiger partial charge in [0, 0.05) is 4.47 Å². The van der Waals surface area contributed by atoms with Crippen LogP contribution in [0.4, 0.5) is 0 Å². The molecule has 1 amide bonds. The fraction of sp³-hybridized carbons (Fsp3) is 0.0625. The first-order valence-corrected chi connectivity index (χ1v) is 8.54. The summed E-state index contributed by atoms with van der Waals surface area (Å²) in [6, 6.07) is 15.1. The molecule has 5 nitrogen and oxygen atoms in total. The van der Waals surface area contributed by atoms with E-state index in [1.807, 2.05) is 48.5 Å². The Morgan fingerprint density at radius 3 is 2.35 bits per heavy atom. The Balaban J connectivity index is 1.60. The molecule has 1 saturated heterocycles. The SMILES string of the molecule is O=C1CSC(=NN=Cc2ccc(Oc3ccc(Br)cc3)cc2)N1. The summed E-state index contributed by atoms with van der Waals surface area (Å²) >= 11 is 4.73. The predicted molar refractivity (Wildman–Crippen MR) is 96.3 cm³/mol. The van der Waals surface area contributed by atoms with Crippen LogP contribution in [0.1, 0.15) is 5.56 Å². The number of carbonyl (C=O) groups is 1. The largest absolute Gasteiger partial charge is 0.457 e. The maximum atomic E-state index is 11.0. The van der Waals surface area contributed by atoms with Gasteiger partial charge < -0.3 is 10.1 Å². The van der Waals surface area contributed by atoms with E-state index in [0.29, 0.717) is 10.9 Å². The molecule has 1 aliphatic heterocycles. The minimum Gasteiger partial charge on any atom is -0.457 e. The van der Waals surface area contributed by atoms with Crippen molar-refractivity contribution in [1.82, 2.24) is 5.32 Å². The third-order valence-electron chi connectivity index (χ3n) is 2.87. The van der Waals surface area contributed by atoms with E-state index >= 15 is 0 Å². The van der Waals surface area contributed by atoms with Crippen molar-refractivity contribution < 1.29 is 9.53 Å². The lowest BCUT2D eigenvalue weighted by Crippen LogP contribution is -2.19. The lowest BCUT2D eigenvalue weighted by atomic mass is 10.2. The average Bonchev–Trinajstić information content (AvgIpc) is 2.97. The number of hydrogen-bond donors (Lipinski definition) is 1. The molecule has 0 atom stereocenters. The van der Waals surface area contributed by atoms with Gasteiger partial charge in [0.1, 0.15) is 11.5 Å². The molecule has 1 N–H and O–H groups in total. The van der Waals surface area contributed by atoms with Crippen molar-refractivity contribution in [2.45, 2.75) is 0 Å². The van der Waals surface area contributed by atoms with Crippen molar-refractivity contribution in [1.29, 1.82) is 0 Å². The highest BCUT2D eigenvalue weighted by atomic mass is 79.9. The smallest absolute Gasteiger partial charge is 0.236 e. The number of thioether (sulfide) groups is 1. The Morgan fingerprint density at radius 1 is 1.09 bits per heavy atom. The van der Waals surface area contributed by atoms with Crippen LogP contribution in [-0.2, 0) is 4.79 Å². The first-order valence-electron chi connectivity index (χ1n) is 6.76. The van der Waals surface area contributed by atoms with Crippen molar-refractivity contribution in [2.24, 2.45) is 10.2 Å². The molecular formula is C16H12BrN3O2S. The van der Waals surface area contributed by atoms with Crippen LogP contribution in [0.3, 0.4) is 0 Å². The first kappa shape index (κ1) is 15.8. The number of ether oxygens (including phenoxy) is 1. The normalized spacial score (nSPS) is 16.0. The Bertz CT molecular complexity index is 758. The third-order valence-corrected chi connectivity index (χ3v) is 4.26. The van der Waals surface area contributed by atoms with Crippen LogP contribution in [0.15, 0.2) is 63.2 Å². The minimum atomic E-state index is -0.0432. The van der Waals surface area contributed by atoms with Gasteiger partial charge in [-0.1, -0.05) is 27.7 Å². The zero-order valence-corrected chi connectivity index (χ0v) is 14.3. The molecule has 23 heavy (non-hydrogen) atoms. The van der Waals surface area contributed by atoms with Gasteiger partial charge in [0.15, 0.2) is 5.17 Å². The second kappa shape index (κ2) is 7.43. The van der Waals surface area contributed by atoms with Crippen molar-refractivity contribution >= 4 is 45.0 Å². The van der Waals surface area contributed by atoms with E-state index in [4.69, 9.17) is 4.74 Å². The Morgan fingerprint density at radius 2 is 1.74 bits per heavy atom. The molecule has 2 aromatic carbocycles. The zero-order valence-electron chi connectivity index (χ0n) is 11.9. The topological polar surface area (TPSA) is 63.0 Å². The summed E-state index contributed by atoms with van der Waals surface area (Å²) in [4.78, 5) is 11.0. The van der Waals surface area contributed by atoms with E-state index in [2.05, 4.69) is 31.4 Å². The van der Waals surface area contributed by atoms with Crippen LogP contribution in [0.25, 0.3) is 0 Å². The molecule has 7 heteroatoms. The van der Waals surface area contributed by atoms with Crippen LogP contribution in [0, 0.1) is 0 Å². The second-order valence-corrected chi connectivity index (χ2v) is 6.49. The highest BCUT2D eigenvalue weighted by Crippen LogP contribution is 2.23. The van der Waals surface area contributed by atoms with Crippen LogP contribution >= 0.6 is 27.7 Å². The summed E-state index contributed by atoms with van der Waals surface area (Å²) in [6.07, 6.45) is 1.63.